The minimum absolute atomic E-state index is 0.0894. The van der Waals surface area contributed by atoms with E-state index in [-0.39, 0.29) is 24.2 Å². The molecule has 2 atom stereocenters. The molecule has 2 N–H and O–H groups in total. The normalized spacial score (nSPS) is 18.9. The summed E-state index contributed by atoms with van der Waals surface area (Å²) in [6, 6.07) is 7.23. The van der Waals surface area contributed by atoms with Crippen molar-refractivity contribution in [2.45, 2.75) is 44.7 Å². The maximum absolute atomic E-state index is 13.7. The van der Waals surface area contributed by atoms with Crippen molar-refractivity contribution in [3.05, 3.63) is 63.7 Å². The molecule has 2 aliphatic rings. The molecule has 1 aliphatic carbocycles. The fourth-order valence-corrected chi connectivity index (χ4v) is 4.80. The van der Waals surface area contributed by atoms with Crippen LogP contribution in [-0.2, 0) is 22.6 Å². The second kappa shape index (κ2) is 8.55. The van der Waals surface area contributed by atoms with Gasteiger partial charge in [0.2, 0.25) is 11.8 Å². The molecule has 2 aromatic carbocycles. The van der Waals surface area contributed by atoms with Crippen LogP contribution in [0.3, 0.4) is 0 Å². The number of fused-ring (bicyclic) bond motifs is 2. The van der Waals surface area contributed by atoms with Gasteiger partial charge in [0.05, 0.1) is 5.69 Å². The molecular weight excluding hydrogens is 424 g/mol. The molecule has 1 aliphatic heterocycles. The standard InChI is InChI=1S/C23H24ClF2N3O2/c1-13(30)29-7-6-28(12-15-2-4-16(24)9-22(15)29)23(31)11-21(27)17-5-3-14-8-19(25)20(26)10-18(14)17/h2,4,8-10,17,21H,3,5-7,11-12,27H2,1H3/t17-,21-/m0/s1. The van der Waals surface area contributed by atoms with E-state index < -0.39 is 17.7 Å². The Balaban J connectivity index is 1.50. The largest absolute Gasteiger partial charge is 0.336 e. The molecule has 0 saturated carbocycles. The van der Waals surface area contributed by atoms with Crippen LogP contribution in [0.15, 0.2) is 30.3 Å². The molecule has 2 aromatic rings. The number of carbonyl (C=O) groups excluding carboxylic acids is 2. The zero-order chi connectivity index (χ0) is 22.3. The Hall–Kier alpha value is -2.51. The van der Waals surface area contributed by atoms with Gasteiger partial charge in [-0.05, 0) is 53.8 Å². The zero-order valence-electron chi connectivity index (χ0n) is 17.2. The number of anilines is 1. The average molecular weight is 448 g/mol. The Labute approximate surface area is 184 Å². The van der Waals surface area contributed by atoms with E-state index in [9.17, 15) is 18.4 Å². The van der Waals surface area contributed by atoms with E-state index in [2.05, 4.69) is 0 Å². The summed E-state index contributed by atoms with van der Waals surface area (Å²) in [6.45, 7) is 2.57. The van der Waals surface area contributed by atoms with Gasteiger partial charge in [-0.15, -0.1) is 0 Å². The van der Waals surface area contributed by atoms with Crippen LogP contribution in [0.4, 0.5) is 14.5 Å². The van der Waals surface area contributed by atoms with Crippen LogP contribution >= 0.6 is 11.6 Å². The molecule has 0 saturated heterocycles. The van der Waals surface area contributed by atoms with Crippen LogP contribution in [0, 0.1) is 11.6 Å². The molecule has 8 heteroatoms. The number of benzene rings is 2. The highest BCUT2D eigenvalue weighted by atomic mass is 35.5. The van der Waals surface area contributed by atoms with Crippen LogP contribution in [0.2, 0.25) is 5.02 Å². The summed E-state index contributed by atoms with van der Waals surface area (Å²) in [7, 11) is 0. The van der Waals surface area contributed by atoms with Gasteiger partial charge in [-0.2, -0.15) is 0 Å². The molecule has 4 rings (SSSR count). The monoisotopic (exact) mass is 447 g/mol. The number of rotatable bonds is 3. The number of amides is 2. The number of nitrogens with two attached hydrogens (primary N) is 1. The first-order chi connectivity index (χ1) is 14.7. The highest BCUT2D eigenvalue weighted by Crippen LogP contribution is 2.37. The van der Waals surface area contributed by atoms with Crippen LogP contribution in [-0.4, -0.2) is 35.8 Å². The maximum Gasteiger partial charge on any atom is 0.224 e. The minimum atomic E-state index is -0.892. The highest BCUT2D eigenvalue weighted by Gasteiger charge is 2.32. The van der Waals surface area contributed by atoms with E-state index in [1.54, 1.807) is 21.9 Å². The van der Waals surface area contributed by atoms with E-state index >= 15 is 0 Å². The predicted molar refractivity (Wildman–Crippen MR) is 115 cm³/mol. The second-order valence-electron chi connectivity index (χ2n) is 8.24. The smallest absolute Gasteiger partial charge is 0.224 e. The Morgan fingerprint density at radius 2 is 1.90 bits per heavy atom. The van der Waals surface area contributed by atoms with Gasteiger partial charge >= 0.3 is 0 Å². The van der Waals surface area contributed by atoms with Crippen LogP contribution in [0.5, 0.6) is 0 Å². The molecule has 0 spiro atoms. The molecule has 0 radical (unpaired) electrons. The molecule has 164 valence electrons. The number of nitrogens with zero attached hydrogens (tertiary/aromatic N) is 2. The van der Waals surface area contributed by atoms with Gasteiger partial charge in [0, 0.05) is 50.0 Å². The third-order valence-corrected chi connectivity index (χ3v) is 6.49. The lowest BCUT2D eigenvalue weighted by molar-refractivity contribution is -0.132. The van der Waals surface area contributed by atoms with Crippen molar-refractivity contribution < 1.29 is 18.4 Å². The number of aryl methyl sites for hydroxylation is 1. The zero-order valence-corrected chi connectivity index (χ0v) is 18.0. The molecule has 31 heavy (non-hydrogen) atoms. The SMILES string of the molecule is CC(=O)N1CCN(C(=O)C[C@H](N)[C@H]2CCc3cc(F)c(F)cc32)Cc2ccc(Cl)cc21. The summed E-state index contributed by atoms with van der Waals surface area (Å²) >= 11 is 6.12. The quantitative estimate of drug-likeness (QED) is 0.779. The summed E-state index contributed by atoms with van der Waals surface area (Å²) < 4.78 is 27.3. The topological polar surface area (TPSA) is 66.6 Å². The molecule has 0 fully saturated rings. The number of carbonyl (C=O) groups is 2. The Kier molecular flexibility index (Phi) is 5.99. The fraction of sp³-hybridized carbons (Fsp3) is 0.391. The van der Waals surface area contributed by atoms with Crippen molar-refractivity contribution in [3.63, 3.8) is 0 Å². The van der Waals surface area contributed by atoms with Crippen molar-refractivity contribution in [3.8, 4) is 0 Å². The summed E-state index contributed by atoms with van der Waals surface area (Å²) in [4.78, 5) is 28.5. The Morgan fingerprint density at radius 3 is 2.65 bits per heavy atom. The van der Waals surface area contributed by atoms with Crippen molar-refractivity contribution in [1.82, 2.24) is 4.90 Å². The lowest BCUT2D eigenvalue weighted by atomic mass is 9.91. The van der Waals surface area contributed by atoms with E-state index in [0.29, 0.717) is 48.7 Å². The lowest BCUT2D eigenvalue weighted by Gasteiger charge is -2.25. The second-order valence-corrected chi connectivity index (χ2v) is 8.67. The third kappa shape index (κ3) is 4.29. The van der Waals surface area contributed by atoms with Gasteiger partial charge in [0.15, 0.2) is 11.6 Å². The van der Waals surface area contributed by atoms with Crippen LogP contribution in [0.1, 0.15) is 42.4 Å². The fourth-order valence-electron chi connectivity index (χ4n) is 4.64. The molecular formula is C23H24ClF2N3O2. The summed E-state index contributed by atoms with van der Waals surface area (Å²) in [5.41, 5.74) is 9.37. The van der Waals surface area contributed by atoms with Gasteiger partial charge in [-0.25, -0.2) is 8.78 Å². The van der Waals surface area contributed by atoms with Crippen molar-refractivity contribution >= 4 is 29.1 Å². The number of halogens is 3. The molecule has 0 bridgehead atoms. The first kappa shape index (κ1) is 21.7. The van der Waals surface area contributed by atoms with Gasteiger partial charge in [-0.3, -0.25) is 9.59 Å². The maximum atomic E-state index is 13.7. The summed E-state index contributed by atoms with van der Waals surface area (Å²) in [6.07, 6.45) is 1.36. The number of hydrogen-bond acceptors (Lipinski definition) is 3. The van der Waals surface area contributed by atoms with Gasteiger partial charge < -0.3 is 15.5 Å². The molecule has 2 amide bonds. The third-order valence-electron chi connectivity index (χ3n) is 6.26. The van der Waals surface area contributed by atoms with Crippen molar-refractivity contribution in [2.24, 2.45) is 5.73 Å². The van der Waals surface area contributed by atoms with Crippen molar-refractivity contribution in [1.29, 1.82) is 0 Å². The lowest BCUT2D eigenvalue weighted by Crippen LogP contribution is -2.40. The molecule has 0 aromatic heterocycles. The van der Waals surface area contributed by atoms with Crippen LogP contribution in [0.25, 0.3) is 0 Å². The molecule has 1 heterocycles. The van der Waals surface area contributed by atoms with Gasteiger partial charge in [-0.1, -0.05) is 17.7 Å². The van der Waals surface area contributed by atoms with Gasteiger partial charge in [0.25, 0.3) is 0 Å². The van der Waals surface area contributed by atoms with Crippen molar-refractivity contribution in [2.75, 3.05) is 18.0 Å². The average Bonchev–Trinajstić information content (AvgIpc) is 3.00. The van der Waals surface area contributed by atoms with E-state index in [4.69, 9.17) is 17.3 Å². The molecule has 5 nitrogen and oxygen atoms in total. The first-order valence-electron chi connectivity index (χ1n) is 10.3. The predicted octanol–water partition coefficient (Wildman–Crippen LogP) is 3.76. The highest BCUT2D eigenvalue weighted by molar-refractivity contribution is 6.31. The Bertz CT molecular complexity index is 1050. The first-order valence-corrected chi connectivity index (χ1v) is 10.7. The van der Waals surface area contributed by atoms with E-state index in [1.165, 1.54) is 19.1 Å². The molecule has 0 unspecified atom stereocenters. The van der Waals surface area contributed by atoms with Crippen LogP contribution < -0.4 is 10.6 Å². The summed E-state index contributed by atoms with van der Waals surface area (Å²) in [5, 5.41) is 0.523. The Morgan fingerprint density at radius 1 is 1.16 bits per heavy atom. The summed E-state index contributed by atoms with van der Waals surface area (Å²) in [5.74, 6) is -2.19. The van der Waals surface area contributed by atoms with E-state index in [1.807, 2.05) is 6.07 Å². The van der Waals surface area contributed by atoms with Gasteiger partial charge in [0.1, 0.15) is 0 Å². The van der Waals surface area contributed by atoms with E-state index in [0.717, 1.165) is 11.1 Å². The minimum Gasteiger partial charge on any atom is -0.336 e. The number of hydrogen-bond donors (Lipinski definition) is 1.